The first kappa shape index (κ1) is 19.7. The summed E-state index contributed by atoms with van der Waals surface area (Å²) in [6.45, 7) is 2.48. The molecule has 1 unspecified atom stereocenters. The maximum Gasteiger partial charge on any atom is 0.153 e. The smallest absolute Gasteiger partial charge is 0.153 e. The second-order valence-corrected chi connectivity index (χ2v) is 7.59. The number of benzene rings is 1. The largest absolute Gasteiger partial charge is 0.382 e. The van der Waals surface area contributed by atoms with Gasteiger partial charge in [0.1, 0.15) is 12.1 Å². The van der Waals surface area contributed by atoms with Crippen molar-refractivity contribution in [2.75, 3.05) is 16.4 Å². The van der Waals surface area contributed by atoms with Gasteiger partial charge in [-0.25, -0.2) is 9.97 Å². The summed E-state index contributed by atoms with van der Waals surface area (Å²) in [6, 6.07) is 11.4. The van der Waals surface area contributed by atoms with Gasteiger partial charge >= 0.3 is 0 Å². The van der Waals surface area contributed by atoms with Crippen LogP contribution in [0.2, 0.25) is 0 Å². The van der Waals surface area contributed by atoms with Gasteiger partial charge in [0.15, 0.2) is 6.23 Å². The van der Waals surface area contributed by atoms with E-state index in [-0.39, 0.29) is 0 Å². The second kappa shape index (κ2) is 8.44. The number of anilines is 3. The summed E-state index contributed by atoms with van der Waals surface area (Å²) in [6.07, 6.45) is 1.63. The maximum absolute atomic E-state index is 10.8. The number of aryl methyl sites for hydroxylation is 1. The fourth-order valence-corrected chi connectivity index (χ4v) is 4.13. The maximum atomic E-state index is 10.8. The third-order valence-corrected chi connectivity index (χ3v) is 5.66. The van der Waals surface area contributed by atoms with Crippen molar-refractivity contribution in [1.82, 2.24) is 15.0 Å². The van der Waals surface area contributed by atoms with Crippen molar-refractivity contribution in [3.05, 3.63) is 70.6 Å². The molecule has 0 saturated heterocycles. The first-order chi connectivity index (χ1) is 14.6. The van der Waals surface area contributed by atoms with Gasteiger partial charge in [-0.3, -0.25) is 4.98 Å². The molecule has 30 heavy (non-hydrogen) atoms. The molecular formula is C21H21N7OS. The van der Waals surface area contributed by atoms with Crippen LogP contribution < -0.4 is 16.4 Å². The lowest BCUT2D eigenvalue weighted by Gasteiger charge is -2.18. The standard InChI is InChI=1S/C21H21N7OS/c1-12-4-2-5-13(27-12)9-24-16-6-3-7-17(14(16)8-22)28-21(29)15-10-30-19-18(15)25-11-26-20(19)23/h2-8,10-11,21-22,24,28-29H,9H2,1H3,(H2,23,25,26). The summed E-state index contributed by atoms with van der Waals surface area (Å²) in [5, 5.41) is 26.9. The van der Waals surface area contributed by atoms with E-state index in [0.29, 0.717) is 34.7 Å². The Bertz CT molecular complexity index is 1210. The first-order valence-corrected chi connectivity index (χ1v) is 10.2. The van der Waals surface area contributed by atoms with Crippen LogP contribution in [0.5, 0.6) is 0 Å². The minimum absolute atomic E-state index is 0.389. The Kier molecular flexibility index (Phi) is 5.55. The van der Waals surface area contributed by atoms with Crippen molar-refractivity contribution in [3.63, 3.8) is 0 Å². The number of aromatic nitrogens is 3. The molecule has 0 aliphatic heterocycles. The van der Waals surface area contributed by atoms with Crippen LogP contribution in [0.3, 0.4) is 0 Å². The van der Waals surface area contributed by atoms with Crippen molar-refractivity contribution in [2.24, 2.45) is 0 Å². The van der Waals surface area contributed by atoms with Crippen molar-refractivity contribution in [2.45, 2.75) is 19.7 Å². The Hall–Kier alpha value is -3.56. The Morgan fingerprint density at radius 2 is 2.00 bits per heavy atom. The van der Waals surface area contributed by atoms with E-state index < -0.39 is 6.23 Å². The van der Waals surface area contributed by atoms with Gasteiger partial charge in [0.25, 0.3) is 0 Å². The molecule has 1 atom stereocenters. The number of fused-ring (bicyclic) bond motifs is 1. The summed E-state index contributed by atoms with van der Waals surface area (Å²) >= 11 is 1.39. The number of hydrogen-bond acceptors (Lipinski definition) is 9. The number of aliphatic hydroxyl groups excluding tert-OH is 1. The molecule has 0 aliphatic rings. The molecule has 0 radical (unpaired) electrons. The highest BCUT2D eigenvalue weighted by Gasteiger charge is 2.17. The molecule has 3 aromatic heterocycles. The molecule has 1 aromatic carbocycles. The highest BCUT2D eigenvalue weighted by atomic mass is 32.1. The molecular weight excluding hydrogens is 398 g/mol. The zero-order valence-electron chi connectivity index (χ0n) is 16.3. The Morgan fingerprint density at radius 1 is 1.20 bits per heavy atom. The second-order valence-electron chi connectivity index (χ2n) is 6.71. The lowest BCUT2D eigenvalue weighted by atomic mass is 10.1. The lowest BCUT2D eigenvalue weighted by Crippen LogP contribution is -2.12. The topological polar surface area (TPSA) is 133 Å². The number of hydrogen-bond donors (Lipinski definition) is 5. The number of nitrogens with two attached hydrogens (primary N) is 1. The van der Waals surface area contributed by atoms with Gasteiger partial charge in [-0.05, 0) is 31.2 Å². The number of nitrogens with zero attached hydrogens (tertiary/aromatic N) is 3. The Balaban J connectivity index is 1.57. The number of pyridine rings is 1. The van der Waals surface area contributed by atoms with Gasteiger partial charge < -0.3 is 26.9 Å². The highest BCUT2D eigenvalue weighted by molar-refractivity contribution is 7.17. The Labute approximate surface area is 177 Å². The van der Waals surface area contributed by atoms with Crippen LogP contribution in [-0.4, -0.2) is 26.3 Å². The predicted molar refractivity (Wildman–Crippen MR) is 121 cm³/mol. The van der Waals surface area contributed by atoms with Crippen LogP contribution in [0, 0.1) is 12.3 Å². The molecule has 0 aliphatic carbocycles. The van der Waals surface area contributed by atoms with Crippen LogP contribution in [0.15, 0.2) is 48.1 Å². The molecule has 0 fully saturated rings. The third kappa shape index (κ3) is 3.93. The average Bonchev–Trinajstić information content (AvgIpc) is 3.18. The zero-order valence-corrected chi connectivity index (χ0v) is 17.1. The summed E-state index contributed by atoms with van der Waals surface area (Å²) < 4.78 is 0.738. The van der Waals surface area contributed by atoms with Gasteiger partial charge in [-0.1, -0.05) is 12.1 Å². The first-order valence-electron chi connectivity index (χ1n) is 9.29. The number of aliphatic hydroxyl groups is 1. The average molecular weight is 420 g/mol. The van der Waals surface area contributed by atoms with Crippen molar-refractivity contribution >= 4 is 45.0 Å². The van der Waals surface area contributed by atoms with E-state index in [0.717, 1.165) is 21.8 Å². The number of nitrogens with one attached hydrogen (secondary N) is 3. The summed E-state index contributed by atoms with van der Waals surface area (Å²) in [5.41, 5.74) is 11.0. The molecule has 8 nitrogen and oxygen atoms in total. The van der Waals surface area contributed by atoms with Crippen LogP contribution >= 0.6 is 11.3 Å². The monoisotopic (exact) mass is 419 g/mol. The van der Waals surface area contributed by atoms with E-state index >= 15 is 0 Å². The van der Waals surface area contributed by atoms with E-state index in [2.05, 4.69) is 25.6 Å². The third-order valence-electron chi connectivity index (χ3n) is 4.65. The predicted octanol–water partition coefficient (Wildman–Crippen LogP) is 3.69. The summed E-state index contributed by atoms with van der Waals surface area (Å²) in [5.74, 6) is 0.389. The minimum atomic E-state index is -1.01. The van der Waals surface area contributed by atoms with E-state index in [1.807, 2.05) is 48.7 Å². The van der Waals surface area contributed by atoms with E-state index in [9.17, 15) is 5.11 Å². The molecule has 9 heteroatoms. The van der Waals surface area contributed by atoms with Gasteiger partial charge in [-0.15, -0.1) is 11.3 Å². The van der Waals surface area contributed by atoms with Gasteiger partial charge in [0.05, 0.1) is 22.5 Å². The van der Waals surface area contributed by atoms with Crippen LogP contribution in [0.25, 0.3) is 10.2 Å². The van der Waals surface area contributed by atoms with Crippen LogP contribution in [0.4, 0.5) is 17.2 Å². The molecule has 0 amide bonds. The highest BCUT2D eigenvalue weighted by Crippen LogP contribution is 2.33. The SMILES string of the molecule is Cc1cccc(CNc2cccc(NC(O)c3csc4c(N)ncnc34)c2C=N)n1. The van der Waals surface area contributed by atoms with Crippen molar-refractivity contribution in [3.8, 4) is 0 Å². The normalized spacial score (nSPS) is 11.9. The molecule has 152 valence electrons. The lowest BCUT2D eigenvalue weighted by molar-refractivity contribution is 0.210. The van der Waals surface area contributed by atoms with Crippen LogP contribution in [-0.2, 0) is 6.54 Å². The Morgan fingerprint density at radius 3 is 2.80 bits per heavy atom. The number of thiophene rings is 1. The van der Waals surface area contributed by atoms with Gasteiger partial charge in [-0.2, -0.15) is 0 Å². The molecule has 0 spiro atoms. The minimum Gasteiger partial charge on any atom is -0.382 e. The summed E-state index contributed by atoms with van der Waals surface area (Å²) in [4.78, 5) is 12.7. The summed E-state index contributed by atoms with van der Waals surface area (Å²) in [7, 11) is 0. The number of nitrogen functional groups attached to an aromatic ring is 1. The fraction of sp³-hybridized carbons (Fsp3) is 0.143. The quantitative estimate of drug-likeness (QED) is 0.228. The molecule has 0 saturated carbocycles. The molecule has 4 rings (SSSR count). The van der Waals surface area contributed by atoms with Crippen LogP contribution in [0.1, 0.15) is 28.7 Å². The van der Waals surface area contributed by atoms with E-state index in [4.69, 9.17) is 11.1 Å². The van der Waals surface area contributed by atoms with Crippen molar-refractivity contribution < 1.29 is 5.11 Å². The molecule has 0 bridgehead atoms. The van der Waals surface area contributed by atoms with E-state index in [1.54, 1.807) is 0 Å². The molecule has 3 heterocycles. The zero-order chi connectivity index (χ0) is 21.1. The van der Waals surface area contributed by atoms with Gasteiger partial charge in [0.2, 0.25) is 0 Å². The molecule has 4 aromatic rings. The van der Waals surface area contributed by atoms with Crippen molar-refractivity contribution in [1.29, 1.82) is 5.41 Å². The van der Waals surface area contributed by atoms with Gasteiger partial charge in [0, 0.05) is 39.8 Å². The van der Waals surface area contributed by atoms with E-state index in [1.165, 1.54) is 23.9 Å². The molecule has 6 N–H and O–H groups in total. The fourth-order valence-electron chi connectivity index (χ4n) is 3.19. The number of rotatable bonds is 7.